The van der Waals surface area contributed by atoms with Gasteiger partial charge in [-0.25, -0.2) is 0 Å². The predicted octanol–water partition coefficient (Wildman–Crippen LogP) is 8.11. The molecule has 0 atom stereocenters. The molecule has 0 fully saturated rings. The van der Waals surface area contributed by atoms with E-state index in [0.717, 1.165) is 43.1 Å². The third kappa shape index (κ3) is 8.38. The lowest BCUT2D eigenvalue weighted by atomic mass is 10.1. The summed E-state index contributed by atoms with van der Waals surface area (Å²) in [4.78, 5) is 0. The van der Waals surface area contributed by atoms with Gasteiger partial charge in [-0.05, 0) is 53.4 Å². The molecule has 0 unspecified atom stereocenters. The van der Waals surface area contributed by atoms with Crippen LogP contribution in [0.25, 0.3) is 11.1 Å². The van der Waals surface area contributed by atoms with Crippen molar-refractivity contribution in [3.8, 4) is 22.6 Å². The van der Waals surface area contributed by atoms with Gasteiger partial charge in [0.1, 0.15) is 11.5 Å². The van der Waals surface area contributed by atoms with Gasteiger partial charge in [0.05, 0.1) is 13.2 Å². The quantitative estimate of drug-likeness (QED) is 0.287. The molecule has 0 N–H and O–H groups in total. The molecule has 0 bridgehead atoms. The zero-order valence-electron chi connectivity index (χ0n) is 17.2. The highest BCUT2D eigenvalue weighted by atomic mass is 32.1. The van der Waals surface area contributed by atoms with E-state index >= 15 is 0 Å². The molecule has 1 heterocycles. The van der Waals surface area contributed by atoms with Gasteiger partial charge in [-0.3, -0.25) is 0 Å². The molecule has 0 saturated carbocycles. The molecular weight excluding hydrogens is 352 g/mol. The minimum atomic E-state index is 0.790. The molecule has 0 spiro atoms. The summed E-state index contributed by atoms with van der Waals surface area (Å²) in [6.07, 6.45) is 12.6. The molecule has 0 aliphatic carbocycles. The Kier molecular flexibility index (Phi) is 11.0. The molecule has 0 amide bonds. The first-order valence-electron chi connectivity index (χ1n) is 10.8. The largest absolute Gasteiger partial charge is 0.494 e. The van der Waals surface area contributed by atoms with Crippen molar-refractivity contribution in [1.82, 2.24) is 0 Å². The van der Waals surface area contributed by atoms with Crippen LogP contribution < -0.4 is 9.47 Å². The van der Waals surface area contributed by atoms with Gasteiger partial charge in [0.2, 0.25) is 0 Å². The monoisotopic (exact) mass is 388 g/mol. The van der Waals surface area contributed by atoms with Gasteiger partial charge in [0.25, 0.3) is 0 Å². The van der Waals surface area contributed by atoms with Gasteiger partial charge in [-0.1, -0.05) is 65.2 Å². The Labute approximate surface area is 169 Å². The van der Waals surface area contributed by atoms with E-state index in [9.17, 15) is 0 Å². The molecule has 2 nitrogen and oxygen atoms in total. The van der Waals surface area contributed by atoms with Crippen molar-refractivity contribution in [3.63, 3.8) is 0 Å². The first-order valence-corrected chi connectivity index (χ1v) is 11.7. The molecule has 27 heavy (non-hydrogen) atoms. The summed E-state index contributed by atoms with van der Waals surface area (Å²) in [7, 11) is 0. The third-order valence-electron chi connectivity index (χ3n) is 4.81. The van der Waals surface area contributed by atoms with Gasteiger partial charge in [-0.15, -0.1) is 0 Å². The van der Waals surface area contributed by atoms with E-state index < -0.39 is 0 Å². The van der Waals surface area contributed by atoms with Crippen LogP contribution in [0.2, 0.25) is 0 Å². The Morgan fingerprint density at radius 2 is 1.41 bits per heavy atom. The molecular formula is C24H36O2S. The zero-order chi connectivity index (χ0) is 19.2. The van der Waals surface area contributed by atoms with Crippen LogP contribution in [0.5, 0.6) is 11.5 Å². The second-order valence-electron chi connectivity index (χ2n) is 7.20. The molecule has 1 aromatic carbocycles. The first-order chi connectivity index (χ1) is 13.3. The van der Waals surface area contributed by atoms with Crippen LogP contribution in [0.3, 0.4) is 0 Å². The summed E-state index contributed by atoms with van der Waals surface area (Å²) in [5.74, 6) is 1.92. The maximum atomic E-state index is 6.12. The Balaban J connectivity index is 1.88. The highest BCUT2D eigenvalue weighted by Gasteiger charge is 2.09. The van der Waals surface area contributed by atoms with E-state index in [1.807, 2.05) is 6.07 Å². The fourth-order valence-corrected chi connectivity index (χ4v) is 3.81. The lowest BCUT2D eigenvalue weighted by Crippen LogP contribution is -2.01. The lowest BCUT2D eigenvalue weighted by molar-refractivity contribution is 0.297. The van der Waals surface area contributed by atoms with E-state index in [0.29, 0.717) is 0 Å². The lowest BCUT2D eigenvalue weighted by Gasteiger charge is -2.13. The van der Waals surface area contributed by atoms with Crippen molar-refractivity contribution in [3.05, 3.63) is 35.0 Å². The summed E-state index contributed by atoms with van der Waals surface area (Å²) in [5, 5.41) is 4.29. The summed E-state index contributed by atoms with van der Waals surface area (Å²) >= 11 is 1.72. The maximum absolute atomic E-state index is 6.12. The van der Waals surface area contributed by atoms with Crippen LogP contribution in [-0.4, -0.2) is 13.2 Å². The van der Waals surface area contributed by atoms with Crippen molar-refractivity contribution in [2.24, 2.45) is 0 Å². The van der Waals surface area contributed by atoms with Gasteiger partial charge in [0, 0.05) is 5.56 Å². The second-order valence-corrected chi connectivity index (χ2v) is 7.98. The number of hydrogen-bond acceptors (Lipinski definition) is 3. The number of benzene rings is 1. The Morgan fingerprint density at radius 1 is 0.741 bits per heavy atom. The van der Waals surface area contributed by atoms with Crippen LogP contribution in [0.15, 0.2) is 35.0 Å². The van der Waals surface area contributed by atoms with Crippen molar-refractivity contribution in [2.75, 3.05) is 13.2 Å². The molecule has 1 aromatic heterocycles. The molecule has 0 saturated heterocycles. The fraction of sp³-hybridized carbons (Fsp3) is 0.583. The molecule has 0 radical (unpaired) electrons. The summed E-state index contributed by atoms with van der Waals surface area (Å²) in [6.45, 7) is 6.08. The average molecular weight is 389 g/mol. The van der Waals surface area contributed by atoms with Gasteiger partial charge >= 0.3 is 0 Å². The standard InChI is InChI=1S/C24H36O2S/c1-3-5-7-9-11-16-25-22-13-14-24(26-17-12-10-8-6-4-2)23(19-22)21-15-18-27-20-21/h13-15,18-20H,3-12,16-17H2,1-2H3. The van der Waals surface area contributed by atoms with Gasteiger partial charge in [-0.2, -0.15) is 11.3 Å². The van der Waals surface area contributed by atoms with Crippen LogP contribution in [-0.2, 0) is 0 Å². The number of ether oxygens (including phenoxy) is 2. The van der Waals surface area contributed by atoms with E-state index in [4.69, 9.17) is 9.47 Å². The van der Waals surface area contributed by atoms with E-state index in [1.54, 1.807) is 11.3 Å². The van der Waals surface area contributed by atoms with Crippen molar-refractivity contribution in [1.29, 1.82) is 0 Å². The topological polar surface area (TPSA) is 18.5 Å². The average Bonchev–Trinajstić information content (AvgIpc) is 3.22. The Hall–Kier alpha value is -1.48. The van der Waals surface area contributed by atoms with Crippen molar-refractivity contribution >= 4 is 11.3 Å². The SMILES string of the molecule is CCCCCCCOc1ccc(OCCCCCCC)c(-c2ccsc2)c1. The fourth-order valence-electron chi connectivity index (χ4n) is 3.15. The molecule has 3 heteroatoms. The van der Waals surface area contributed by atoms with E-state index in [-0.39, 0.29) is 0 Å². The first kappa shape index (κ1) is 21.8. The smallest absolute Gasteiger partial charge is 0.127 e. The van der Waals surface area contributed by atoms with Crippen LogP contribution in [0.1, 0.15) is 78.1 Å². The number of hydrogen-bond donors (Lipinski definition) is 0. The minimum Gasteiger partial charge on any atom is -0.494 e. The van der Waals surface area contributed by atoms with Crippen LogP contribution in [0, 0.1) is 0 Å². The van der Waals surface area contributed by atoms with E-state index in [1.165, 1.54) is 56.9 Å². The number of unbranched alkanes of at least 4 members (excludes halogenated alkanes) is 8. The third-order valence-corrected chi connectivity index (χ3v) is 5.49. The van der Waals surface area contributed by atoms with Crippen molar-refractivity contribution in [2.45, 2.75) is 78.1 Å². The van der Waals surface area contributed by atoms with Crippen LogP contribution >= 0.6 is 11.3 Å². The van der Waals surface area contributed by atoms with Crippen molar-refractivity contribution < 1.29 is 9.47 Å². The summed E-state index contributed by atoms with van der Waals surface area (Å²) in [6, 6.07) is 8.42. The Morgan fingerprint density at radius 3 is 2.04 bits per heavy atom. The molecule has 2 rings (SSSR count). The number of rotatable bonds is 15. The molecule has 0 aliphatic heterocycles. The summed E-state index contributed by atoms with van der Waals surface area (Å²) in [5.41, 5.74) is 2.36. The maximum Gasteiger partial charge on any atom is 0.127 e. The van der Waals surface area contributed by atoms with E-state index in [2.05, 4.69) is 42.8 Å². The molecule has 150 valence electrons. The highest BCUT2D eigenvalue weighted by molar-refractivity contribution is 7.08. The Bertz CT molecular complexity index is 607. The predicted molar refractivity (Wildman–Crippen MR) is 118 cm³/mol. The second kappa shape index (κ2) is 13.7. The number of thiophene rings is 1. The van der Waals surface area contributed by atoms with Crippen LogP contribution in [0.4, 0.5) is 0 Å². The zero-order valence-corrected chi connectivity index (χ0v) is 18.0. The highest BCUT2D eigenvalue weighted by Crippen LogP contribution is 2.35. The van der Waals surface area contributed by atoms with Gasteiger partial charge in [0.15, 0.2) is 0 Å². The summed E-state index contributed by atoms with van der Waals surface area (Å²) < 4.78 is 12.1. The molecule has 2 aromatic rings. The molecule has 0 aliphatic rings. The normalized spacial score (nSPS) is 10.9. The minimum absolute atomic E-state index is 0.790. The van der Waals surface area contributed by atoms with Gasteiger partial charge < -0.3 is 9.47 Å².